The number of aromatic nitrogens is 2. The largest absolute Gasteiger partial charge is 0.454 e. The zero-order chi connectivity index (χ0) is 18.8. The average molecular weight is 387 g/mol. The van der Waals surface area contributed by atoms with Crippen LogP contribution < -0.4 is 14.8 Å². The van der Waals surface area contributed by atoms with Gasteiger partial charge in [0, 0.05) is 18.0 Å². The van der Waals surface area contributed by atoms with E-state index in [1.54, 1.807) is 0 Å². The van der Waals surface area contributed by atoms with E-state index >= 15 is 0 Å². The molecule has 138 valence electrons. The van der Waals surface area contributed by atoms with Crippen molar-refractivity contribution in [2.24, 2.45) is 0 Å². The van der Waals surface area contributed by atoms with Gasteiger partial charge in [0.1, 0.15) is 17.2 Å². The molecule has 1 aromatic heterocycles. The van der Waals surface area contributed by atoms with Gasteiger partial charge in [0.25, 0.3) is 5.69 Å². The standard InChI is InChI=1S/C18H15ClN4O4/c19-13-8-14-12(7-15(13)23(24)25)18(22-9-21-14)20-5-1-2-11-3-4-16-17(6-11)27-10-26-16/h3-4,6-9H,1-2,5,10H2,(H,20,21,22). The maximum Gasteiger partial charge on any atom is 0.288 e. The highest BCUT2D eigenvalue weighted by atomic mass is 35.5. The van der Waals surface area contributed by atoms with Crippen molar-refractivity contribution in [1.82, 2.24) is 9.97 Å². The number of anilines is 1. The van der Waals surface area contributed by atoms with Gasteiger partial charge in [0.2, 0.25) is 6.79 Å². The molecule has 0 amide bonds. The third kappa shape index (κ3) is 3.56. The van der Waals surface area contributed by atoms with Crippen LogP contribution >= 0.6 is 11.6 Å². The number of hydrogen-bond acceptors (Lipinski definition) is 7. The minimum absolute atomic E-state index is 0.0555. The molecule has 2 aromatic carbocycles. The number of nitro benzene ring substituents is 1. The van der Waals surface area contributed by atoms with E-state index in [1.165, 1.54) is 18.5 Å². The summed E-state index contributed by atoms with van der Waals surface area (Å²) in [6.07, 6.45) is 3.10. The van der Waals surface area contributed by atoms with Crippen molar-refractivity contribution in [1.29, 1.82) is 0 Å². The van der Waals surface area contributed by atoms with Crippen molar-refractivity contribution in [2.75, 3.05) is 18.7 Å². The summed E-state index contributed by atoms with van der Waals surface area (Å²) in [6, 6.07) is 8.78. The van der Waals surface area contributed by atoms with Gasteiger partial charge in [0.05, 0.1) is 10.4 Å². The van der Waals surface area contributed by atoms with E-state index in [0.717, 1.165) is 29.9 Å². The summed E-state index contributed by atoms with van der Waals surface area (Å²) in [5, 5.41) is 15.0. The lowest BCUT2D eigenvalue weighted by molar-refractivity contribution is -0.384. The number of fused-ring (bicyclic) bond motifs is 2. The Hall–Kier alpha value is -3.13. The molecule has 1 N–H and O–H groups in total. The molecule has 3 aromatic rings. The van der Waals surface area contributed by atoms with E-state index in [0.29, 0.717) is 23.3 Å². The van der Waals surface area contributed by atoms with Crippen LogP contribution in [0.2, 0.25) is 5.02 Å². The maximum absolute atomic E-state index is 11.1. The second-order valence-corrected chi connectivity index (χ2v) is 6.43. The second kappa shape index (κ2) is 7.24. The number of benzene rings is 2. The van der Waals surface area contributed by atoms with Crippen LogP contribution in [0.25, 0.3) is 10.9 Å². The summed E-state index contributed by atoms with van der Waals surface area (Å²) in [4.78, 5) is 18.9. The van der Waals surface area contributed by atoms with Gasteiger partial charge in [-0.1, -0.05) is 17.7 Å². The Kier molecular flexibility index (Phi) is 4.64. The second-order valence-electron chi connectivity index (χ2n) is 6.02. The quantitative estimate of drug-likeness (QED) is 0.388. The number of ether oxygens (including phenoxy) is 2. The van der Waals surface area contributed by atoms with Crippen LogP contribution in [-0.4, -0.2) is 28.2 Å². The Morgan fingerprint density at radius 3 is 2.89 bits per heavy atom. The number of nitrogens with one attached hydrogen (secondary N) is 1. The van der Waals surface area contributed by atoms with Gasteiger partial charge in [-0.2, -0.15) is 0 Å². The molecule has 0 spiro atoms. The summed E-state index contributed by atoms with van der Waals surface area (Å²) < 4.78 is 10.7. The molecular formula is C18H15ClN4O4. The van der Waals surface area contributed by atoms with E-state index in [2.05, 4.69) is 15.3 Å². The molecule has 2 heterocycles. The maximum atomic E-state index is 11.1. The minimum atomic E-state index is -0.516. The Morgan fingerprint density at radius 2 is 2.04 bits per heavy atom. The van der Waals surface area contributed by atoms with Crippen LogP contribution in [0, 0.1) is 10.1 Å². The van der Waals surface area contributed by atoms with E-state index in [-0.39, 0.29) is 17.5 Å². The molecule has 4 rings (SSSR count). The zero-order valence-corrected chi connectivity index (χ0v) is 14.9. The fourth-order valence-corrected chi connectivity index (χ4v) is 3.17. The van der Waals surface area contributed by atoms with Crippen molar-refractivity contribution in [3.8, 4) is 11.5 Å². The highest BCUT2D eigenvalue weighted by Crippen LogP contribution is 2.33. The predicted octanol–water partition coefficient (Wildman–Crippen LogP) is 3.96. The van der Waals surface area contributed by atoms with Gasteiger partial charge >= 0.3 is 0 Å². The molecule has 0 fully saturated rings. The number of hydrogen-bond donors (Lipinski definition) is 1. The Morgan fingerprint density at radius 1 is 1.19 bits per heavy atom. The fraction of sp³-hybridized carbons (Fsp3) is 0.222. The van der Waals surface area contributed by atoms with Crippen molar-refractivity contribution in [3.63, 3.8) is 0 Å². The highest BCUT2D eigenvalue weighted by Gasteiger charge is 2.16. The number of nitro groups is 1. The molecule has 0 saturated carbocycles. The van der Waals surface area contributed by atoms with Gasteiger partial charge in [0.15, 0.2) is 11.5 Å². The summed E-state index contributed by atoms with van der Waals surface area (Å²) in [6.45, 7) is 0.911. The van der Waals surface area contributed by atoms with Crippen LogP contribution in [0.15, 0.2) is 36.7 Å². The molecule has 0 bridgehead atoms. The first-order valence-electron chi connectivity index (χ1n) is 8.33. The van der Waals surface area contributed by atoms with Crippen molar-refractivity contribution in [3.05, 3.63) is 57.4 Å². The topological polar surface area (TPSA) is 99.4 Å². The molecule has 1 aliphatic heterocycles. The first-order chi connectivity index (χ1) is 13.1. The summed E-state index contributed by atoms with van der Waals surface area (Å²) >= 11 is 5.94. The smallest absolute Gasteiger partial charge is 0.288 e. The summed E-state index contributed by atoms with van der Waals surface area (Å²) in [5.74, 6) is 2.08. The number of rotatable bonds is 6. The molecular weight excluding hydrogens is 372 g/mol. The number of aryl methyl sites for hydroxylation is 1. The monoisotopic (exact) mass is 386 g/mol. The number of halogens is 1. The van der Waals surface area contributed by atoms with E-state index in [4.69, 9.17) is 21.1 Å². The SMILES string of the molecule is O=[N+]([O-])c1cc2c(NCCCc3ccc4c(c3)OCO4)ncnc2cc1Cl. The molecule has 0 aliphatic carbocycles. The van der Waals surface area contributed by atoms with E-state index in [1.807, 2.05) is 18.2 Å². The van der Waals surface area contributed by atoms with Gasteiger partial charge in [-0.05, 0) is 36.6 Å². The van der Waals surface area contributed by atoms with Crippen molar-refractivity contribution < 1.29 is 14.4 Å². The molecule has 8 nitrogen and oxygen atoms in total. The number of nitrogens with zero attached hydrogens (tertiary/aromatic N) is 3. The minimum Gasteiger partial charge on any atom is -0.454 e. The van der Waals surface area contributed by atoms with Crippen molar-refractivity contribution >= 4 is 34.0 Å². The van der Waals surface area contributed by atoms with Gasteiger partial charge in [-0.15, -0.1) is 0 Å². The van der Waals surface area contributed by atoms with Crippen LogP contribution in [0.4, 0.5) is 11.5 Å². The molecule has 0 saturated heterocycles. The van der Waals surface area contributed by atoms with E-state index < -0.39 is 4.92 Å². The van der Waals surface area contributed by atoms with Gasteiger partial charge in [-0.25, -0.2) is 9.97 Å². The Labute approximate surface area is 159 Å². The van der Waals surface area contributed by atoms with Crippen molar-refractivity contribution in [2.45, 2.75) is 12.8 Å². The first-order valence-corrected chi connectivity index (χ1v) is 8.70. The van der Waals surface area contributed by atoms with E-state index in [9.17, 15) is 10.1 Å². The molecule has 0 atom stereocenters. The molecule has 0 radical (unpaired) electrons. The zero-order valence-electron chi connectivity index (χ0n) is 14.1. The van der Waals surface area contributed by atoms with Crippen LogP contribution in [0.3, 0.4) is 0 Å². The normalized spacial score (nSPS) is 12.3. The third-order valence-corrected chi connectivity index (χ3v) is 4.58. The van der Waals surface area contributed by atoms with Crippen LogP contribution in [0.1, 0.15) is 12.0 Å². The van der Waals surface area contributed by atoms with Gasteiger partial charge < -0.3 is 14.8 Å². The average Bonchev–Trinajstić information content (AvgIpc) is 3.12. The molecule has 0 unspecified atom stereocenters. The summed E-state index contributed by atoms with van der Waals surface area (Å²) in [7, 11) is 0. The van der Waals surface area contributed by atoms with Crippen LogP contribution in [0.5, 0.6) is 11.5 Å². The Bertz CT molecular complexity index is 1030. The fourth-order valence-electron chi connectivity index (χ4n) is 2.94. The summed E-state index contributed by atoms with van der Waals surface area (Å²) in [5.41, 5.74) is 1.54. The third-order valence-electron chi connectivity index (χ3n) is 4.27. The predicted molar refractivity (Wildman–Crippen MR) is 101 cm³/mol. The first kappa shape index (κ1) is 17.3. The molecule has 27 heavy (non-hydrogen) atoms. The van der Waals surface area contributed by atoms with Crippen LogP contribution in [-0.2, 0) is 6.42 Å². The highest BCUT2D eigenvalue weighted by molar-refractivity contribution is 6.33. The lowest BCUT2D eigenvalue weighted by Gasteiger charge is -2.09. The Balaban J connectivity index is 1.44. The van der Waals surface area contributed by atoms with Gasteiger partial charge in [-0.3, -0.25) is 10.1 Å². The lowest BCUT2D eigenvalue weighted by Crippen LogP contribution is -2.06. The molecule has 9 heteroatoms. The lowest BCUT2D eigenvalue weighted by atomic mass is 10.1. The molecule has 1 aliphatic rings.